The Balaban J connectivity index is 1.58. The number of benzene rings is 2. The molecule has 0 N–H and O–H groups in total. The molecule has 0 atom stereocenters. The van der Waals surface area contributed by atoms with Crippen LogP contribution in [0.25, 0.3) is 11.0 Å². The van der Waals surface area contributed by atoms with Gasteiger partial charge in [0.15, 0.2) is 5.69 Å². The Labute approximate surface area is 168 Å². The van der Waals surface area contributed by atoms with E-state index in [2.05, 4.69) is 9.97 Å². The van der Waals surface area contributed by atoms with Crippen molar-refractivity contribution < 1.29 is 13.9 Å². The first kappa shape index (κ1) is 19.1. The van der Waals surface area contributed by atoms with Crippen molar-refractivity contribution in [1.29, 1.82) is 0 Å². The summed E-state index contributed by atoms with van der Waals surface area (Å²) >= 11 is 0. The van der Waals surface area contributed by atoms with Crippen LogP contribution in [-0.2, 0) is 0 Å². The van der Waals surface area contributed by atoms with Crippen molar-refractivity contribution in [3.8, 4) is 5.88 Å². The molecule has 2 aromatic carbocycles. The molecule has 1 aromatic heterocycles. The number of anilines is 1. The standard InChI is InChI=1S/C22H23FN4O2/c1-14-12-17-18(13-15(14)2)25-21(29-3)20(24-17)22(28)27-10-8-26(9-11-27)19-7-5-4-6-16(19)23/h4-7,12-13H,8-11H2,1-3H3. The SMILES string of the molecule is COc1nc2cc(C)c(C)cc2nc1C(=O)N1CCN(c2ccccc2F)CC1. The van der Waals surface area contributed by atoms with Gasteiger partial charge in [0.2, 0.25) is 5.88 Å². The fraction of sp³-hybridized carbons (Fsp3) is 0.318. The molecule has 1 aliphatic rings. The lowest BCUT2D eigenvalue weighted by Crippen LogP contribution is -2.49. The third kappa shape index (κ3) is 3.60. The van der Waals surface area contributed by atoms with Crippen LogP contribution in [0.1, 0.15) is 21.6 Å². The Bertz CT molecular complexity index is 1080. The lowest BCUT2D eigenvalue weighted by molar-refractivity contribution is 0.0736. The minimum atomic E-state index is -0.250. The van der Waals surface area contributed by atoms with Gasteiger partial charge in [-0.15, -0.1) is 0 Å². The molecule has 6 nitrogen and oxygen atoms in total. The molecule has 150 valence electrons. The Morgan fingerprint density at radius 1 is 1.00 bits per heavy atom. The molecule has 1 amide bonds. The lowest BCUT2D eigenvalue weighted by atomic mass is 10.1. The molecule has 0 spiro atoms. The molecular weight excluding hydrogens is 371 g/mol. The highest BCUT2D eigenvalue weighted by molar-refractivity contribution is 5.96. The smallest absolute Gasteiger partial charge is 0.278 e. The Morgan fingerprint density at radius 2 is 1.62 bits per heavy atom. The van der Waals surface area contributed by atoms with Gasteiger partial charge in [-0.05, 0) is 49.2 Å². The molecule has 4 rings (SSSR count). The molecule has 0 saturated carbocycles. The molecule has 0 unspecified atom stereocenters. The van der Waals surface area contributed by atoms with Crippen molar-refractivity contribution in [2.24, 2.45) is 0 Å². The number of nitrogens with zero attached hydrogens (tertiary/aromatic N) is 4. The van der Waals surface area contributed by atoms with Gasteiger partial charge in [0.1, 0.15) is 5.82 Å². The van der Waals surface area contributed by atoms with Crippen LogP contribution in [0, 0.1) is 19.7 Å². The van der Waals surface area contributed by atoms with Gasteiger partial charge >= 0.3 is 0 Å². The Kier molecular flexibility index (Phi) is 5.05. The van der Waals surface area contributed by atoms with E-state index in [0.29, 0.717) is 42.9 Å². The number of para-hydroxylation sites is 1. The molecule has 1 fully saturated rings. The predicted octanol–water partition coefficient (Wildman–Crippen LogP) is 3.36. The monoisotopic (exact) mass is 394 g/mol. The van der Waals surface area contributed by atoms with E-state index < -0.39 is 0 Å². The van der Waals surface area contributed by atoms with Crippen LogP contribution in [0.5, 0.6) is 5.88 Å². The predicted molar refractivity (Wildman–Crippen MR) is 110 cm³/mol. The molecule has 1 saturated heterocycles. The summed E-state index contributed by atoms with van der Waals surface area (Å²) in [6, 6.07) is 10.6. The third-order valence-electron chi connectivity index (χ3n) is 5.40. The summed E-state index contributed by atoms with van der Waals surface area (Å²) < 4.78 is 19.4. The first-order chi connectivity index (χ1) is 14.0. The number of methoxy groups -OCH3 is 1. The number of halogens is 1. The van der Waals surface area contributed by atoms with Crippen LogP contribution >= 0.6 is 0 Å². The maximum Gasteiger partial charge on any atom is 0.278 e. The summed E-state index contributed by atoms with van der Waals surface area (Å²) in [7, 11) is 1.49. The number of aromatic nitrogens is 2. The molecule has 0 aliphatic carbocycles. The number of hydrogen-bond acceptors (Lipinski definition) is 5. The summed E-state index contributed by atoms with van der Waals surface area (Å²) in [6.07, 6.45) is 0. The lowest BCUT2D eigenvalue weighted by Gasteiger charge is -2.36. The molecule has 0 bridgehead atoms. The molecule has 29 heavy (non-hydrogen) atoms. The van der Waals surface area contributed by atoms with Gasteiger partial charge in [-0.2, -0.15) is 0 Å². The highest BCUT2D eigenvalue weighted by Crippen LogP contribution is 2.25. The average molecular weight is 394 g/mol. The molecule has 1 aliphatic heterocycles. The maximum absolute atomic E-state index is 14.0. The largest absolute Gasteiger partial charge is 0.479 e. The van der Waals surface area contributed by atoms with Crippen molar-refractivity contribution in [1.82, 2.24) is 14.9 Å². The van der Waals surface area contributed by atoms with Gasteiger partial charge in [0.25, 0.3) is 5.91 Å². The van der Waals surface area contributed by atoms with Gasteiger partial charge < -0.3 is 14.5 Å². The number of carbonyl (C=O) groups excluding carboxylic acids is 1. The minimum absolute atomic E-state index is 0.211. The first-order valence-corrected chi connectivity index (χ1v) is 9.59. The second-order valence-electron chi connectivity index (χ2n) is 7.24. The number of carbonyl (C=O) groups is 1. The first-order valence-electron chi connectivity index (χ1n) is 9.59. The molecule has 2 heterocycles. The molecular formula is C22H23FN4O2. The van der Waals surface area contributed by atoms with Crippen molar-refractivity contribution in [3.05, 3.63) is 59.0 Å². The van der Waals surface area contributed by atoms with Crippen molar-refractivity contribution in [3.63, 3.8) is 0 Å². The topological polar surface area (TPSA) is 58.6 Å². The van der Waals surface area contributed by atoms with Crippen LogP contribution in [0.2, 0.25) is 0 Å². The highest BCUT2D eigenvalue weighted by Gasteiger charge is 2.27. The summed E-state index contributed by atoms with van der Waals surface area (Å²) in [5.41, 5.74) is 4.34. The van der Waals surface area contributed by atoms with E-state index in [1.165, 1.54) is 13.2 Å². The number of ether oxygens (including phenoxy) is 1. The van der Waals surface area contributed by atoms with Gasteiger partial charge in [-0.3, -0.25) is 4.79 Å². The van der Waals surface area contributed by atoms with Crippen LogP contribution in [0.3, 0.4) is 0 Å². The highest BCUT2D eigenvalue weighted by atomic mass is 19.1. The number of fused-ring (bicyclic) bond motifs is 1. The molecule has 7 heteroatoms. The zero-order valence-corrected chi connectivity index (χ0v) is 16.8. The van der Waals surface area contributed by atoms with E-state index in [0.717, 1.165) is 11.1 Å². The summed E-state index contributed by atoms with van der Waals surface area (Å²) in [5.74, 6) is -0.245. The van der Waals surface area contributed by atoms with Gasteiger partial charge in [-0.25, -0.2) is 14.4 Å². The van der Waals surface area contributed by atoms with E-state index in [9.17, 15) is 9.18 Å². The van der Waals surface area contributed by atoms with E-state index >= 15 is 0 Å². The maximum atomic E-state index is 14.0. The van der Waals surface area contributed by atoms with Crippen molar-refractivity contribution >= 4 is 22.6 Å². The van der Waals surface area contributed by atoms with Gasteiger partial charge in [0, 0.05) is 26.2 Å². The van der Waals surface area contributed by atoms with Crippen molar-refractivity contribution in [2.45, 2.75) is 13.8 Å². The van der Waals surface area contributed by atoms with Crippen molar-refractivity contribution in [2.75, 3.05) is 38.2 Å². The van der Waals surface area contributed by atoms with E-state index in [1.54, 1.807) is 17.0 Å². The summed E-state index contributed by atoms with van der Waals surface area (Å²) in [4.78, 5) is 25.9. The molecule has 0 radical (unpaired) electrons. The number of piperazine rings is 1. The fourth-order valence-corrected chi connectivity index (χ4v) is 3.59. The normalized spacial score (nSPS) is 14.3. The second kappa shape index (κ2) is 7.66. The van der Waals surface area contributed by atoms with E-state index in [1.807, 2.05) is 36.9 Å². The quantitative estimate of drug-likeness (QED) is 0.682. The number of hydrogen-bond donors (Lipinski definition) is 0. The second-order valence-corrected chi connectivity index (χ2v) is 7.24. The van der Waals surface area contributed by atoms with Gasteiger partial charge in [0.05, 0.1) is 23.8 Å². The minimum Gasteiger partial charge on any atom is -0.479 e. The van der Waals surface area contributed by atoms with Gasteiger partial charge in [-0.1, -0.05) is 12.1 Å². The summed E-state index contributed by atoms with van der Waals surface area (Å²) in [6.45, 7) is 6.07. The average Bonchev–Trinajstić information content (AvgIpc) is 2.74. The fourth-order valence-electron chi connectivity index (χ4n) is 3.59. The van der Waals surface area contributed by atoms with Crippen LogP contribution in [-0.4, -0.2) is 54.1 Å². The molecule has 3 aromatic rings. The number of aryl methyl sites for hydroxylation is 2. The zero-order valence-electron chi connectivity index (χ0n) is 16.8. The van der Waals surface area contributed by atoms with E-state index in [4.69, 9.17) is 4.74 Å². The number of rotatable bonds is 3. The van der Waals surface area contributed by atoms with Crippen LogP contribution in [0.4, 0.5) is 10.1 Å². The van der Waals surface area contributed by atoms with Crippen LogP contribution < -0.4 is 9.64 Å². The third-order valence-corrected chi connectivity index (χ3v) is 5.40. The zero-order chi connectivity index (χ0) is 20.5. The Morgan fingerprint density at radius 3 is 2.24 bits per heavy atom. The van der Waals surface area contributed by atoms with Crippen LogP contribution in [0.15, 0.2) is 36.4 Å². The summed E-state index contributed by atoms with van der Waals surface area (Å²) in [5, 5.41) is 0. The van der Waals surface area contributed by atoms with E-state index in [-0.39, 0.29) is 23.3 Å². The Hall–Kier alpha value is -3.22. The number of amides is 1.